The summed E-state index contributed by atoms with van der Waals surface area (Å²) in [6.45, 7) is 0. The Labute approximate surface area is 380 Å². The first-order valence-corrected chi connectivity index (χ1v) is 22.3. The van der Waals surface area contributed by atoms with Gasteiger partial charge in [-0.2, -0.15) is 0 Å². The molecule has 0 N–H and O–H groups in total. The third-order valence-corrected chi connectivity index (χ3v) is 12.9. The molecule has 10 aromatic carbocycles. The van der Waals surface area contributed by atoms with Crippen molar-refractivity contribution >= 4 is 54.5 Å². The van der Waals surface area contributed by atoms with E-state index in [0.717, 1.165) is 77.6 Å². The van der Waals surface area contributed by atoms with Crippen molar-refractivity contribution in [1.29, 1.82) is 0 Å². The maximum absolute atomic E-state index is 6.79. The summed E-state index contributed by atoms with van der Waals surface area (Å²) in [6.07, 6.45) is 0. The lowest BCUT2D eigenvalue weighted by atomic mass is 9.96. The van der Waals surface area contributed by atoms with Gasteiger partial charge < -0.3 is 8.98 Å². The minimum atomic E-state index is 0.618. The standard InChI is InChI=1S/C61H38N4O/c1-3-13-39(14-4-1)40-25-27-43(28-26-40)60-62-59(42-16-5-2-6-17-42)63-61(64-60)44-29-33-47(34-30-44)65-55-24-10-9-20-50(55)51-35-31-45(37-56(51)65)46-32-36-52-54-23-12-22-53(58(54)66-57(52)38-46)49-21-11-18-41-15-7-8-19-48(41)49/h1-38H. The highest BCUT2D eigenvalue weighted by atomic mass is 16.3. The van der Waals surface area contributed by atoms with Crippen LogP contribution in [0.25, 0.3) is 128 Å². The van der Waals surface area contributed by atoms with Crippen molar-refractivity contribution in [3.63, 3.8) is 0 Å². The molecule has 66 heavy (non-hydrogen) atoms. The Morgan fingerprint density at radius 1 is 0.303 bits per heavy atom. The smallest absolute Gasteiger partial charge is 0.164 e. The van der Waals surface area contributed by atoms with Crippen molar-refractivity contribution in [3.8, 4) is 73.2 Å². The largest absolute Gasteiger partial charge is 0.455 e. The Morgan fingerprint density at radius 3 is 1.53 bits per heavy atom. The van der Waals surface area contributed by atoms with Gasteiger partial charge in [-0.25, -0.2) is 15.0 Å². The van der Waals surface area contributed by atoms with Gasteiger partial charge in [-0.05, 0) is 87.1 Å². The zero-order valence-corrected chi connectivity index (χ0v) is 35.6. The normalized spacial score (nSPS) is 11.6. The van der Waals surface area contributed by atoms with Crippen LogP contribution >= 0.6 is 0 Å². The van der Waals surface area contributed by atoms with Gasteiger partial charge in [-0.3, -0.25) is 0 Å². The van der Waals surface area contributed by atoms with Crippen LogP contribution in [-0.4, -0.2) is 19.5 Å². The number of furan rings is 1. The molecule has 0 radical (unpaired) electrons. The molecule has 13 aromatic rings. The number of fused-ring (bicyclic) bond motifs is 7. The molecule has 0 atom stereocenters. The molecule has 0 saturated heterocycles. The number of hydrogen-bond acceptors (Lipinski definition) is 4. The summed E-state index contributed by atoms with van der Waals surface area (Å²) in [7, 11) is 0. The summed E-state index contributed by atoms with van der Waals surface area (Å²) >= 11 is 0. The van der Waals surface area contributed by atoms with Gasteiger partial charge in [0.1, 0.15) is 11.2 Å². The fraction of sp³-hybridized carbons (Fsp3) is 0. The van der Waals surface area contributed by atoms with Gasteiger partial charge in [0.25, 0.3) is 0 Å². The minimum absolute atomic E-state index is 0.618. The number of hydrogen-bond donors (Lipinski definition) is 0. The fourth-order valence-electron chi connectivity index (χ4n) is 9.63. The van der Waals surface area contributed by atoms with E-state index in [-0.39, 0.29) is 0 Å². The Hall–Kier alpha value is -8.93. The van der Waals surface area contributed by atoms with Gasteiger partial charge in [0.2, 0.25) is 0 Å². The van der Waals surface area contributed by atoms with E-state index < -0.39 is 0 Å². The molecule has 0 fully saturated rings. The Morgan fingerprint density at radius 2 is 0.788 bits per heavy atom. The lowest BCUT2D eigenvalue weighted by molar-refractivity contribution is 0.670. The second-order valence-electron chi connectivity index (χ2n) is 16.8. The average Bonchev–Trinajstić information content (AvgIpc) is 3.94. The van der Waals surface area contributed by atoms with Gasteiger partial charge in [0.15, 0.2) is 17.5 Å². The lowest BCUT2D eigenvalue weighted by Crippen LogP contribution is -2.00. The van der Waals surface area contributed by atoms with Crippen LogP contribution in [0.1, 0.15) is 0 Å². The maximum atomic E-state index is 6.79. The molecule has 0 aliphatic heterocycles. The summed E-state index contributed by atoms with van der Waals surface area (Å²) in [5.74, 6) is 1.88. The van der Waals surface area contributed by atoms with Gasteiger partial charge in [0, 0.05) is 49.5 Å². The molecule has 0 bridgehead atoms. The molecular weight excluding hydrogens is 805 g/mol. The summed E-state index contributed by atoms with van der Waals surface area (Å²) in [5.41, 5.74) is 14.6. The highest BCUT2D eigenvalue weighted by Gasteiger charge is 2.18. The number of benzene rings is 10. The van der Waals surface area contributed by atoms with E-state index in [2.05, 4.69) is 199 Å². The minimum Gasteiger partial charge on any atom is -0.455 e. The van der Waals surface area contributed by atoms with Crippen LogP contribution in [0, 0.1) is 0 Å². The predicted molar refractivity (Wildman–Crippen MR) is 272 cm³/mol. The number of aromatic nitrogens is 4. The molecule has 3 heterocycles. The van der Waals surface area contributed by atoms with Crippen LogP contribution < -0.4 is 0 Å². The van der Waals surface area contributed by atoms with Crippen molar-refractivity contribution < 1.29 is 4.42 Å². The maximum Gasteiger partial charge on any atom is 0.164 e. The van der Waals surface area contributed by atoms with E-state index in [1.807, 2.05) is 36.4 Å². The summed E-state index contributed by atoms with van der Waals surface area (Å²) < 4.78 is 9.15. The second-order valence-corrected chi connectivity index (χ2v) is 16.8. The third-order valence-electron chi connectivity index (χ3n) is 12.9. The number of rotatable bonds is 7. The molecule has 3 aromatic heterocycles. The lowest BCUT2D eigenvalue weighted by Gasteiger charge is -2.11. The van der Waals surface area contributed by atoms with E-state index >= 15 is 0 Å². The van der Waals surface area contributed by atoms with Crippen LogP contribution in [-0.2, 0) is 0 Å². The van der Waals surface area contributed by atoms with E-state index in [4.69, 9.17) is 19.4 Å². The first kappa shape index (κ1) is 37.6. The number of para-hydroxylation sites is 2. The van der Waals surface area contributed by atoms with Crippen molar-refractivity contribution in [2.75, 3.05) is 0 Å². The van der Waals surface area contributed by atoms with Crippen molar-refractivity contribution in [3.05, 3.63) is 231 Å². The van der Waals surface area contributed by atoms with Crippen LogP contribution in [0.15, 0.2) is 235 Å². The zero-order valence-electron chi connectivity index (χ0n) is 35.6. The van der Waals surface area contributed by atoms with Crippen molar-refractivity contribution in [2.45, 2.75) is 0 Å². The molecule has 0 spiro atoms. The topological polar surface area (TPSA) is 56.7 Å². The molecule has 0 aliphatic carbocycles. The summed E-state index contributed by atoms with van der Waals surface area (Å²) in [5, 5.41) is 7.03. The van der Waals surface area contributed by atoms with Gasteiger partial charge in [0.05, 0.1) is 11.0 Å². The van der Waals surface area contributed by atoms with Crippen LogP contribution in [0.4, 0.5) is 0 Å². The van der Waals surface area contributed by atoms with E-state index in [9.17, 15) is 0 Å². The van der Waals surface area contributed by atoms with Crippen molar-refractivity contribution in [1.82, 2.24) is 19.5 Å². The molecule has 0 saturated carbocycles. The molecule has 13 rings (SSSR count). The molecule has 308 valence electrons. The Balaban J connectivity index is 0.889. The molecular formula is C61H38N4O. The van der Waals surface area contributed by atoms with Crippen molar-refractivity contribution in [2.24, 2.45) is 0 Å². The van der Waals surface area contributed by atoms with E-state index in [1.165, 1.54) is 32.7 Å². The van der Waals surface area contributed by atoms with Gasteiger partial charge in [-0.15, -0.1) is 0 Å². The first-order chi connectivity index (χ1) is 32.7. The van der Waals surface area contributed by atoms with Gasteiger partial charge >= 0.3 is 0 Å². The SMILES string of the molecule is c1ccc(-c2ccc(-c3nc(-c4ccccc4)nc(-c4ccc(-n5c6ccccc6c6ccc(-c7ccc8c(c7)oc7c(-c9cccc%10ccccc9%10)cccc78)cc65)cc4)n3)cc2)cc1. The third kappa shape index (κ3) is 6.36. The summed E-state index contributed by atoms with van der Waals surface area (Å²) in [4.78, 5) is 15.1. The summed E-state index contributed by atoms with van der Waals surface area (Å²) in [6, 6.07) is 81.0. The quantitative estimate of drug-likeness (QED) is 0.160. The van der Waals surface area contributed by atoms with E-state index in [0.29, 0.717) is 17.5 Å². The zero-order chi connectivity index (χ0) is 43.6. The number of nitrogens with zero attached hydrogens (tertiary/aromatic N) is 4. The molecule has 5 nitrogen and oxygen atoms in total. The second kappa shape index (κ2) is 15.4. The molecule has 0 unspecified atom stereocenters. The average molecular weight is 843 g/mol. The highest BCUT2D eigenvalue weighted by molar-refractivity contribution is 6.13. The monoisotopic (exact) mass is 842 g/mol. The highest BCUT2D eigenvalue weighted by Crippen LogP contribution is 2.41. The van der Waals surface area contributed by atoms with Gasteiger partial charge in [-0.1, -0.05) is 182 Å². The van der Waals surface area contributed by atoms with E-state index in [1.54, 1.807) is 0 Å². The Kier molecular flexibility index (Phi) is 8.78. The molecule has 0 aliphatic rings. The van der Waals surface area contributed by atoms with Crippen LogP contribution in [0.3, 0.4) is 0 Å². The fourth-order valence-corrected chi connectivity index (χ4v) is 9.63. The first-order valence-electron chi connectivity index (χ1n) is 22.3. The molecule has 5 heteroatoms. The predicted octanol–water partition coefficient (Wildman–Crippen LogP) is 16.0. The van der Waals surface area contributed by atoms with Crippen LogP contribution in [0.2, 0.25) is 0 Å². The molecule has 0 amide bonds. The van der Waals surface area contributed by atoms with Crippen LogP contribution in [0.5, 0.6) is 0 Å². The Bertz CT molecular complexity index is 3960.